The van der Waals surface area contributed by atoms with E-state index in [9.17, 15) is 4.79 Å². The number of carbonyl (C=O) groups is 1. The van der Waals surface area contributed by atoms with Gasteiger partial charge >= 0.3 is 6.03 Å². The molecule has 0 atom stereocenters. The van der Waals surface area contributed by atoms with Crippen LogP contribution in [0.15, 0.2) is 24.4 Å². The molecule has 1 rings (SSSR count). The minimum Gasteiger partial charge on any atom is -0.338 e. The number of urea groups is 1. The van der Waals surface area contributed by atoms with Crippen molar-refractivity contribution in [3.63, 3.8) is 0 Å². The van der Waals surface area contributed by atoms with Gasteiger partial charge in [-0.3, -0.25) is 4.98 Å². The molecule has 1 heterocycles. The first-order chi connectivity index (χ1) is 7.56. The van der Waals surface area contributed by atoms with E-state index in [1.54, 1.807) is 6.20 Å². The van der Waals surface area contributed by atoms with Crippen LogP contribution in [-0.2, 0) is 5.54 Å². The van der Waals surface area contributed by atoms with Crippen molar-refractivity contribution in [2.24, 2.45) is 0 Å². The number of nitrogens with one attached hydrogen (secondary N) is 2. The van der Waals surface area contributed by atoms with Crippen molar-refractivity contribution in [1.29, 1.82) is 0 Å². The first-order valence-corrected chi connectivity index (χ1v) is 5.54. The summed E-state index contributed by atoms with van der Waals surface area (Å²) < 4.78 is 0. The summed E-state index contributed by atoms with van der Waals surface area (Å²) in [5.41, 5.74) is 0.390. The summed E-state index contributed by atoms with van der Waals surface area (Å²) >= 11 is 0. The number of pyridine rings is 1. The molecule has 0 spiro atoms. The van der Waals surface area contributed by atoms with Crippen LogP contribution in [0.1, 0.15) is 32.9 Å². The smallest absolute Gasteiger partial charge is 0.315 e. The van der Waals surface area contributed by atoms with E-state index in [0.29, 0.717) is 6.54 Å². The predicted molar refractivity (Wildman–Crippen MR) is 64.1 cm³/mol. The van der Waals surface area contributed by atoms with E-state index in [0.717, 1.165) is 12.1 Å². The Balaban J connectivity index is 2.61. The zero-order valence-corrected chi connectivity index (χ0v) is 10.1. The van der Waals surface area contributed by atoms with Gasteiger partial charge in [-0.15, -0.1) is 0 Å². The molecular formula is C12H19N3O. The van der Waals surface area contributed by atoms with Gasteiger partial charge in [-0.05, 0) is 32.4 Å². The number of rotatable bonds is 4. The molecule has 0 saturated carbocycles. The number of aromatic nitrogens is 1. The molecule has 0 unspecified atom stereocenters. The monoisotopic (exact) mass is 221 g/mol. The largest absolute Gasteiger partial charge is 0.338 e. The Hall–Kier alpha value is -1.58. The highest BCUT2D eigenvalue weighted by molar-refractivity contribution is 5.74. The van der Waals surface area contributed by atoms with Crippen LogP contribution < -0.4 is 10.6 Å². The summed E-state index contributed by atoms with van der Waals surface area (Å²) in [6, 6.07) is 5.52. The van der Waals surface area contributed by atoms with Crippen molar-refractivity contribution >= 4 is 6.03 Å². The third kappa shape index (κ3) is 3.53. The molecule has 0 saturated heterocycles. The zero-order valence-electron chi connectivity index (χ0n) is 10.1. The summed E-state index contributed by atoms with van der Waals surface area (Å²) in [5.74, 6) is 0. The molecule has 0 aliphatic carbocycles. The van der Waals surface area contributed by atoms with Gasteiger partial charge in [0.25, 0.3) is 0 Å². The maximum Gasteiger partial charge on any atom is 0.315 e. The third-order valence-corrected chi connectivity index (χ3v) is 2.27. The number of amides is 2. The average molecular weight is 221 g/mol. The second kappa shape index (κ2) is 5.49. The SMILES string of the molecule is CCCNC(=O)NC(C)(C)c1ccccn1. The van der Waals surface area contributed by atoms with Crippen LogP contribution in [0, 0.1) is 0 Å². The van der Waals surface area contributed by atoms with Crippen molar-refractivity contribution in [2.45, 2.75) is 32.7 Å². The van der Waals surface area contributed by atoms with E-state index < -0.39 is 5.54 Å². The second-order valence-electron chi connectivity index (χ2n) is 4.22. The summed E-state index contributed by atoms with van der Waals surface area (Å²) in [5, 5.41) is 5.68. The van der Waals surface area contributed by atoms with Gasteiger partial charge in [0.05, 0.1) is 11.2 Å². The van der Waals surface area contributed by atoms with E-state index in [1.165, 1.54) is 0 Å². The quantitative estimate of drug-likeness (QED) is 0.817. The minimum atomic E-state index is -0.459. The van der Waals surface area contributed by atoms with Gasteiger partial charge in [-0.25, -0.2) is 4.79 Å². The van der Waals surface area contributed by atoms with Crippen molar-refractivity contribution in [3.05, 3.63) is 30.1 Å². The van der Waals surface area contributed by atoms with Gasteiger partial charge in [0, 0.05) is 12.7 Å². The molecule has 1 aromatic rings. The van der Waals surface area contributed by atoms with E-state index >= 15 is 0 Å². The molecule has 2 N–H and O–H groups in total. The predicted octanol–water partition coefficient (Wildman–Crippen LogP) is 2.03. The summed E-state index contributed by atoms with van der Waals surface area (Å²) in [7, 11) is 0. The molecule has 4 nitrogen and oxygen atoms in total. The van der Waals surface area contributed by atoms with Crippen molar-refractivity contribution in [3.8, 4) is 0 Å². The van der Waals surface area contributed by atoms with Crippen LogP contribution in [0.25, 0.3) is 0 Å². The van der Waals surface area contributed by atoms with E-state index in [-0.39, 0.29) is 6.03 Å². The molecule has 2 amide bonds. The Morgan fingerprint density at radius 3 is 2.75 bits per heavy atom. The van der Waals surface area contributed by atoms with E-state index in [4.69, 9.17) is 0 Å². The molecule has 4 heteroatoms. The Morgan fingerprint density at radius 1 is 1.44 bits per heavy atom. The van der Waals surface area contributed by atoms with E-state index in [2.05, 4.69) is 15.6 Å². The fourth-order valence-corrected chi connectivity index (χ4v) is 1.36. The standard InChI is InChI=1S/C12H19N3O/c1-4-8-14-11(16)15-12(2,3)10-7-5-6-9-13-10/h5-7,9H,4,8H2,1-3H3,(H2,14,15,16). The Labute approximate surface area is 96.5 Å². The Kier molecular flexibility index (Phi) is 4.28. The molecule has 88 valence electrons. The molecule has 16 heavy (non-hydrogen) atoms. The van der Waals surface area contributed by atoms with Gasteiger partial charge in [0.15, 0.2) is 0 Å². The lowest BCUT2D eigenvalue weighted by atomic mass is 10.0. The number of nitrogens with zero attached hydrogens (tertiary/aromatic N) is 1. The van der Waals surface area contributed by atoms with Crippen molar-refractivity contribution in [1.82, 2.24) is 15.6 Å². The lowest BCUT2D eigenvalue weighted by molar-refractivity contribution is 0.229. The van der Waals surface area contributed by atoms with Crippen LogP contribution in [0.3, 0.4) is 0 Å². The summed E-state index contributed by atoms with van der Waals surface area (Å²) in [6.45, 7) is 6.57. The number of hydrogen-bond acceptors (Lipinski definition) is 2. The minimum absolute atomic E-state index is 0.155. The first-order valence-electron chi connectivity index (χ1n) is 5.54. The highest BCUT2D eigenvalue weighted by Crippen LogP contribution is 2.16. The summed E-state index contributed by atoms with van der Waals surface area (Å²) in [6.07, 6.45) is 2.65. The maximum atomic E-state index is 11.5. The van der Waals surface area contributed by atoms with Gasteiger partial charge in [-0.2, -0.15) is 0 Å². The molecule has 0 aliphatic rings. The molecular weight excluding hydrogens is 202 g/mol. The van der Waals surface area contributed by atoms with E-state index in [1.807, 2.05) is 39.0 Å². The van der Waals surface area contributed by atoms with Crippen LogP contribution in [0.4, 0.5) is 4.79 Å². The van der Waals surface area contributed by atoms with Crippen molar-refractivity contribution < 1.29 is 4.79 Å². The summed E-state index contributed by atoms with van der Waals surface area (Å²) in [4.78, 5) is 15.8. The average Bonchev–Trinajstić information content (AvgIpc) is 2.27. The second-order valence-corrected chi connectivity index (χ2v) is 4.22. The molecule has 0 radical (unpaired) electrons. The van der Waals surface area contributed by atoms with Gasteiger partial charge in [0.2, 0.25) is 0 Å². The zero-order chi connectivity index (χ0) is 12.0. The van der Waals surface area contributed by atoms with Crippen LogP contribution in [0.2, 0.25) is 0 Å². The Morgan fingerprint density at radius 2 is 2.19 bits per heavy atom. The lowest BCUT2D eigenvalue weighted by Crippen LogP contribution is -2.47. The van der Waals surface area contributed by atoms with Gasteiger partial charge in [-0.1, -0.05) is 13.0 Å². The van der Waals surface area contributed by atoms with Crippen LogP contribution in [0.5, 0.6) is 0 Å². The topological polar surface area (TPSA) is 54.0 Å². The molecule has 0 aliphatic heterocycles. The molecule has 1 aromatic heterocycles. The van der Waals surface area contributed by atoms with Gasteiger partial charge in [0.1, 0.15) is 0 Å². The maximum absolute atomic E-state index is 11.5. The highest BCUT2D eigenvalue weighted by atomic mass is 16.2. The lowest BCUT2D eigenvalue weighted by Gasteiger charge is -2.25. The van der Waals surface area contributed by atoms with Crippen molar-refractivity contribution in [2.75, 3.05) is 6.54 Å². The van der Waals surface area contributed by atoms with Crippen LogP contribution >= 0.6 is 0 Å². The fourth-order valence-electron chi connectivity index (χ4n) is 1.36. The Bertz CT molecular complexity index is 335. The normalized spacial score (nSPS) is 10.9. The molecule has 0 bridgehead atoms. The number of carbonyl (C=O) groups excluding carboxylic acids is 1. The van der Waals surface area contributed by atoms with Gasteiger partial charge < -0.3 is 10.6 Å². The third-order valence-electron chi connectivity index (χ3n) is 2.27. The van der Waals surface area contributed by atoms with Crippen LogP contribution in [-0.4, -0.2) is 17.6 Å². The fraction of sp³-hybridized carbons (Fsp3) is 0.500. The highest BCUT2D eigenvalue weighted by Gasteiger charge is 2.23. The number of hydrogen-bond donors (Lipinski definition) is 2. The molecule has 0 fully saturated rings. The molecule has 0 aromatic carbocycles. The first kappa shape index (κ1) is 12.5.